The van der Waals surface area contributed by atoms with Crippen LogP contribution in [0.4, 0.5) is 0 Å². The predicted molar refractivity (Wildman–Crippen MR) is 66.1 cm³/mol. The highest BCUT2D eigenvalue weighted by molar-refractivity contribution is 5.75. The Morgan fingerprint density at radius 3 is 2.56 bits per heavy atom. The predicted octanol–water partition coefficient (Wildman–Crippen LogP) is 3.62. The van der Waals surface area contributed by atoms with Crippen molar-refractivity contribution in [3.63, 3.8) is 0 Å². The summed E-state index contributed by atoms with van der Waals surface area (Å²) < 4.78 is 5.84. The first kappa shape index (κ1) is 12.8. The van der Waals surface area contributed by atoms with Gasteiger partial charge in [0, 0.05) is 5.56 Å². The molecule has 16 heavy (non-hydrogen) atoms. The van der Waals surface area contributed by atoms with E-state index in [9.17, 15) is 4.79 Å². The van der Waals surface area contributed by atoms with Crippen molar-refractivity contribution in [3.8, 4) is 5.75 Å². The van der Waals surface area contributed by atoms with E-state index in [0.717, 1.165) is 24.0 Å². The molecule has 0 aromatic heterocycles. The van der Waals surface area contributed by atoms with Crippen molar-refractivity contribution in [2.24, 2.45) is 5.92 Å². The Hall–Kier alpha value is -1.31. The van der Waals surface area contributed by atoms with Gasteiger partial charge < -0.3 is 4.74 Å². The summed E-state index contributed by atoms with van der Waals surface area (Å²) in [6.45, 7) is 8.40. The third-order valence-electron chi connectivity index (χ3n) is 2.48. The molecule has 0 heterocycles. The lowest BCUT2D eigenvalue weighted by molar-refractivity contribution is 0.112. The average Bonchev–Trinajstić information content (AvgIpc) is 2.20. The van der Waals surface area contributed by atoms with Gasteiger partial charge in [-0.2, -0.15) is 0 Å². The van der Waals surface area contributed by atoms with E-state index in [0.29, 0.717) is 11.5 Å². The summed E-state index contributed by atoms with van der Waals surface area (Å²) in [5, 5.41) is 0. The van der Waals surface area contributed by atoms with Gasteiger partial charge in [0.15, 0.2) is 0 Å². The molecule has 1 rings (SSSR count). The molecule has 2 heteroatoms. The van der Waals surface area contributed by atoms with Crippen LogP contribution in [0.2, 0.25) is 0 Å². The van der Waals surface area contributed by atoms with Crippen molar-refractivity contribution in [1.82, 2.24) is 0 Å². The van der Waals surface area contributed by atoms with Gasteiger partial charge in [0.2, 0.25) is 0 Å². The summed E-state index contributed by atoms with van der Waals surface area (Å²) in [5.41, 5.74) is 1.73. The number of benzene rings is 1. The Morgan fingerprint density at radius 2 is 2.00 bits per heavy atom. The van der Waals surface area contributed by atoms with Crippen molar-refractivity contribution in [1.29, 1.82) is 0 Å². The second-order valence-corrected chi connectivity index (χ2v) is 4.70. The van der Waals surface area contributed by atoms with Gasteiger partial charge in [0.1, 0.15) is 12.0 Å². The summed E-state index contributed by atoms with van der Waals surface area (Å²) in [6.07, 6.45) is 2.05. The molecule has 0 amide bonds. The molecular weight excluding hydrogens is 200 g/mol. The number of aryl methyl sites for hydroxylation is 1. The number of carbonyl (C=O) groups is 1. The maximum atomic E-state index is 10.7. The van der Waals surface area contributed by atoms with Gasteiger partial charge in [-0.05, 0) is 37.8 Å². The number of aldehydes is 1. The SMILES string of the molecule is Cc1ccc(C=O)cc1OC(C)CC(C)C. The van der Waals surface area contributed by atoms with Crippen molar-refractivity contribution in [2.75, 3.05) is 0 Å². The van der Waals surface area contributed by atoms with Crippen LogP contribution < -0.4 is 4.74 Å². The van der Waals surface area contributed by atoms with Gasteiger partial charge in [0.05, 0.1) is 6.10 Å². The minimum Gasteiger partial charge on any atom is -0.490 e. The summed E-state index contributed by atoms with van der Waals surface area (Å²) in [7, 11) is 0. The monoisotopic (exact) mass is 220 g/mol. The van der Waals surface area contributed by atoms with Crippen molar-refractivity contribution < 1.29 is 9.53 Å². The van der Waals surface area contributed by atoms with Crippen LogP contribution in [0.5, 0.6) is 5.75 Å². The Kier molecular flexibility index (Phi) is 4.53. The zero-order valence-electron chi connectivity index (χ0n) is 10.5. The Balaban J connectivity index is 2.75. The molecular formula is C14H20O2. The van der Waals surface area contributed by atoms with Gasteiger partial charge >= 0.3 is 0 Å². The molecule has 0 aliphatic heterocycles. The highest BCUT2D eigenvalue weighted by atomic mass is 16.5. The maximum absolute atomic E-state index is 10.7. The molecule has 0 aliphatic rings. The van der Waals surface area contributed by atoms with E-state index in [1.807, 2.05) is 19.1 Å². The van der Waals surface area contributed by atoms with Crippen LogP contribution >= 0.6 is 0 Å². The molecule has 1 unspecified atom stereocenters. The van der Waals surface area contributed by atoms with E-state index >= 15 is 0 Å². The molecule has 1 aromatic rings. The second kappa shape index (κ2) is 5.69. The fourth-order valence-electron chi connectivity index (χ4n) is 1.75. The number of ether oxygens (including phenoxy) is 1. The lowest BCUT2D eigenvalue weighted by atomic mass is 10.1. The third kappa shape index (κ3) is 3.69. The summed E-state index contributed by atoms with van der Waals surface area (Å²) in [5.74, 6) is 1.43. The standard InChI is InChI=1S/C14H20O2/c1-10(2)7-12(4)16-14-8-13(9-15)6-5-11(14)3/h5-6,8-10,12H,7H2,1-4H3. The minimum atomic E-state index is 0.181. The van der Waals surface area contributed by atoms with Crippen molar-refractivity contribution >= 4 is 6.29 Å². The van der Waals surface area contributed by atoms with E-state index in [2.05, 4.69) is 20.8 Å². The van der Waals surface area contributed by atoms with Gasteiger partial charge in [-0.1, -0.05) is 26.0 Å². The van der Waals surface area contributed by atoms with Gasteiger partial charge in [-0.25, -0.2) is 0 Å². The van der Waals surface area contributed by atoms with Crippen molar-refractivity contribution in [3.05, 3.63) is 29.3 Å². The largest absolute Gasteiger partial charge is 0.490 e. The molecule has 0 fully saturated rings. The molecule has 1 aromatic carbocycles. The normalized spacial score (nSPS) is 12.6. The first-order chi connectivity index (χ1) is 7.52. The van der Waals surface area contributed by atoms with Gasteiger partial charge in [0.25, 0.3) is 0 Å². The summed E-state index contributed by atoms with van der Waals surface area (Å²) in [6, 6.07) is 5.53. The second-order valence-electron chi connectivity index (χ2n) is 4.70. The molecule has 0 aliphatic carbocycles. The molecule has 0 N–H and O–H groups in total. The number of hydrogen-bond donors (Lipinski definition) is 0. The van der Waals surface area contributed by atoms with Crippen molar-refractivity contribution in [2.45, 2.75) is 40.2 Å². The molecule has 0 radical (unpaired) electrons. The lowest BCUT2D eigenvalue weighted by Gasteiger charge is -2.18. The first-order valence-electron chi connectivity index (χ1n) is 5.75. The molecule has 0 saturated carbocycles. The Bertz CT molecular complexity index is 356. The number of hydrogen-bond acceptors (Lipinski definition) is 2. The summed E-state index contributed by atoms with van der Waals surface area (Å²) >= 11 is 0. The van der Waals surface area contributed by atoms with Gasteiger partial charge in [-0.3, -0.25) is 4.79 Å². The first-order valence-corrected chi connectivity index (χ1v) is 5.75. The van der Waals surface area contributed by atoms with E-state index in [1.165, 1.54) is 0 Å². The molecule has 88 valence electrons. The van der Waals surface area contributed by atoms with E-state index < -0.39 is 0 Å². The third-order valence-corrected chi connectivity index (χ3v) is 2.48. The minimum absolute atomic E-state index is 0.181. The fraction of sp³-hybridized carbons (Fsp3) is 0.500. The Morgan fingerprint density at radius 1 is 1.31 bits per heavy atom. The van der Waals surface area contributed by atoms with Crippen LogP contribution in [-0.4, -0.2) is 12.4 Å². The zero-order valence-corrected chi connectivity index (χ0v) is 10.5. The molecule has 0 saturated heterocycles. The van der Waals surface area contributed by atoms with Crippen LogP contribution in [0.25, 0.3) is 0 Å². The number of rotatable bonds is 5. The van der Waals surface area contributed by atoms with Crippen LogP contribution in [0.1, 0.15) is 43.1 Å². The van der Waals surface area contributed by atoms with E-state index in [4.69, 9.17) is 4.74 Å². The molecule has 1 atom stereocenters. The quantitative estimate of drug-likeness (QED) is 0.708. The molecule has 0 spiro atoms. The Labute approximate surface area is 97.6 Å². The van der Waals surface area contributed by atoms with E-state index in [-0.39, 0.29) is 6.10 Å². The highest BCUT2D eigenvalue weighted by Crippen LogP contribution is 2.21. The molecule has 0 bridgehead atoms. The smallest absolute Gasteiger partial charge is 0.150 e. The van der Waals surface area contributed by atoms with Gasteiger partial charge in [-0.15, -0.1) is 0 Å². The maximum Gasteiger partial charge on any atom is 0.150 e. The van der Waals surface area contributed by atoms with Crippen LogP contribution in [0, 0.1) is 12.8 Å². The highest BCUT2D eigenvalue weighted by Gasteiger charge is 2.09. The van der Waals surface area contributed by atoms with Crippen LogP contribution in [0.15, 0.2) is 18.2 Å². The van der Waals surface area contributed by atoms with Crippen LogP contribution in [-0.2, 0) is 0 Å². The topological polar surface area (TPSA) is 26.3 Å². The number of carbonyl (C=O) groups excluding carboxylic acids is 1. The molecule has 2 nitrogen and oxygen atoms in total. The average molecular weight is 220 g/mol. The summed E-state index contributed by atoms with van der Waals surface area (Å²) in [4.78, 5) is 10.7. The van der Waals surface area contributed by atoms with Crippen LogP contribution in [0.3, 0.4) is 0 Å². The fourth-order valence-corrected chi connectivity index (χ4v) is 1.75. The lowest BCUT2D eigenvalue weighted by Crippen LogP contribution is -2.15. The van der Waals surface area contributed by atoms with E-state index in [1.54, 1.807) is 6.07 Å². The zero-order chi connectivity index (χ0) is 12.1.